The van der Waals surface area contributed by atoms with E-state index in [2.05, 4.69) is 4.99 Å². The van der Waals surface area contributed by atoms with Gasteiger partial charge in [0.05, 0.1) is 12.1 Å². The summed E-state index contributed by atoms with van der Waals surface area (Å²) >= 11 is 6.24. The van der Waals surface area contributed by atoms with Crippen molar-refractivity contribution in [2.75, 3.05) is 0 Å². The van der Waals surface area contributed by atoms with E-state index in [1.807, 2.05) is 0 Å². The monoisotopic (exact) mass is 442 g/mol. The minimum Gasteiger partial charge on any atom is -0.481 e. The molecule has 2 heterocycles. The Labute approximate surface area is 181 Å². The van der Waals surface area contributed by atoms with E-state index >= 15 is 0 Å². The van der Waals surface area contributed by atoms with Crippen molar-refractivity contribution in [3.05, 3.63) is 82.1 Å². The van der Waals surface area contributed by atoms with E-state index in [0.717, 1.165) is 0 Å². The minimum atomic E-state index is -1.28. The Morgan fingerprint density at radius 2 is 1.97 bits per heavy atom. The predicted octanol–water partition coefficient (Wildman–Crippen LogP) is 3.32. The van der Waals surface area contributed by atoms with Gasteiger partial charge in [-0.05, 0) is 30.3 Å². The highest BCUT2D eigenvalue weighted by molar-refractivity contribution is 6.31. The second-order valence-corrected chi connectivity index (χ2v) is 7.60. The van der Waals surface area contributed by atoms with Crippen molar-refractivity contribution in [2.24, 2.45) is 4.99 Å². The minimum absolute atomic E-state index is 0.142. The first-order valence-electron chi connectivity index (χ1n) is 9.44. The van der Waals surface area contributed by atoms with Crippen LogP contribution >= 0.6 is 11.6 Å². The largest absolute Gasteiger partial charge is 0.481 e. The van der Waals surface area contributed by atoms with Crippen LogP contribution in [0.1, 0.15) is 35.1 Å². The maximum Gasteiger partial charge on any atom is 0.349 e. The number of aliphatic imine (C=N–C) groups is 1. The summed E-state index contributed by atoms with van der Waals surface area (Å²) in [5.74, 6) is -2.37. The first kappa shape index (κ1) is 20.7. The molecule has 0 spiro atoms. The number of hydrogen-bond acceptors (Lipinski definition) is 3. The number of carbonyl (C=O) groups is 2. The van der Waals surface area contributed by atoms with Crippen LogP contribution in [0.15, 0.2) is 53.7 Å². The van der Waals surface area contributed by atoms with Crippen molar-refractivity contribution >= 4 is 29.3 Å². The molecule has 3 aromatic rings. The average molecular weight is 443 g/mol. The molecule has 0 radical (unpaired) electrons. The van der Waals surface area contributed by atoms with Gasteiger partial charge in [0, 0.05) is 23.1 Å². The standard InChI is InChI=1S/C22H17ClFN3O4/c1-12-26(19(22(30)31)9-20(28)29)11-14-10-25-21(15-4-2-3-5-17(15)24)16-8-13(23)6-7-18(16)27(12)14/h2-8,11,19H,9-10H2,1H3,(H-,28,29,30,31)/p+1. The van der Waals surface area contributed by atoms with Crippen molar-refractivity contribution < 1.29 is 28.8 Å². The Kier molecular flexibility index (Phi) is 5.32. The number of rotatable bonds is 5. The topological polar surface area (TPSA) is 95.8 Å². The van der Waals surface area contributed by atoms with E-state index in [9.17, 15) is 19.1 Å². The first-order valence-corrected chi connectivity index (χ1v) is 9.82. The van der Waals surface area contributed by atoms with Crippen LogP contribution in [0.25, 0.3) is 5.69 Å². The molecule has 9 heteroatoms. The Morgan fingerprint density at radius 3 is 2.65 bits per heavy atom. The fourth-order valence-corrected chi connectivity index (χ4v) is 4.05. The molecule has 0 saturated heterocycles. The van der Waals surface area contributed by atoms with E-state index in [-0.39, 0.29) is 6.54 Å². The van der Waals surface area contributed by atoms with E-state index in [4.69, 9.17) is 16.7 Å². The van der Waals surface area contributed by atoms with Gasteiger partial charge in [-0.2, -0.15) is 4.57 Å². The molecular weight excluding hydrogens is 425 g/mol. The number of aromatic nitrogens is 2. The lowest BCUT2D eigenvalue weighted by atomic mass is 10.00. The van der Waals surface area contributed by atoms with Gasteiger partial charge in [0.1, 0.15) is 24.2 Å². The number of carboxylic acid groups (broad SMARTS) is 2. The summed E-state index contributed by atoms with van der Waals surface area (Å²) < 4.78 is 17.8. The van der Waals surface area contributed by atoms with Crippen LogP contribution in [-0.2, 0) is 16.1 Å². The molecule has 1 aliphatic heterocycles. The molecule has 1 unspecified atom stereocenters. The van der Waals surface area contributed by atoms with Crippen molar-refractivity contribution in [2.45, 2.75) is 25.9 Å². The van der Waals surface area contributed by atoms with Gasteiger partial charge >= 0.3 is 11.9 Å². The van der Waals surface area contributed by atoms with Gasteiger partial charge in [0.15, 0.2) is 5.69 Å². The van der Waals surface area contributed by atoms with E-state index < -0.39 is 30.2 Å². The third kappa shape index (κ3) is 3.70. The Bertz CT molecular complexity index is 1250. The fourth-order valence-electron chi connectivity index (χ4n) is 3.88. The number of hydrogen-bond donors (Lipinski definition) is 2. The predicted molar refractivity (Wildman–Crippen MR) is 110 cm³/mol. The van der Waals surface area contributed by atoms with Crippen LogP contribution in [0.4, 0.5) is 4.39 Å². The molecule has 2 N–H and O–H groups in total. The molecule has 1 aromatic heterocycles. The van der Waals surface area contributed by atoms with Gasteiger partial charge < -0.3 is 10.2 Å². The van der Waals surface area contributed by atoms with Gasteiger partial charge in [-0.25, -0.2) is 13.8 Å². The highest BCUT2D eigenvalue weighted by Gasteiger charge is 2.35. The summed E-state index contributed by atoms with van der Waals surface area (Å²) in [6.45, 7) is 1.84. The molecule has 31 heavy (non-hydrogen) atoms. The lowest BCUT2D eigenvalue weighted by Crippen LogP contribution is -2.46. The van der Waals surface area contributed by atoms with Crippen LogP contribution in [0.2, 0.25) is 5.02 Å². The third-order valence-corrected chi connectivity index (χ3v) is 5.48. The zero-order valence-corrected chi connectivity index (χ0v) is 17.2. The Balaban J connectivity index is 1.94. The van der Waals surface area contributed by atoms with Gasteiger partial charge in [-0.1, -0.05) is 23.7 Å². The Morgan fingerprint density at radius 1 is 1.23 bits per heavy atom. The van der Waals surface area contributed by atoms with Crippen LogP contribution in [0.5, 0.6) is 0 Å². The van der Waals surface area contributed by atoms with Gasteiger partial charge in [-0.3, -0.25) is 9.79 Å². The summed E-state index contributed by atoms with van der Waals surface area (Å²) in [7, 11) is 0. The summed E-state index contributed by atoms with van der Waals surface area (Å²) in [5, 5.41) is 19.2. The molecule has 0 saturated carbocycles. The van der Waals surface area contributed by atoms with Gasteiger partial charge in [0.25, 0.3) is 5.82 Å². The number of aliphatic carboxylic acids is 2. The van der Waals surface area contributed by atoms with E-state index in [1.165, 1.54) is 10.6 Å². The molecule has 0 bridgehead atoms. The van der Waals surface area contributed by atoms with Crippen LogP contribution in [0, 0.1) is 12.7 Å². The number of benzene rings is 2. The van der Waals surface area contributed by atoms with Crippen molar-refractivity contribution in [3.8, 4) is 5.69 Å². The molecule has 0 fully saturated rings. The van der Waals surface area contributed by atoms with Gasteiger partial charge in [0.2, 0.25) is 6.04 Å². The highest BCUT2D eigenvalue weighted by atomic mass is 35.5. The highest BCUT2D eigenvalue weighted by Crippen LogP contribution is 2.29. The van der Waals surface area contributed by atoms with Crippen LogP contribution in [0.3, 0.4) is 0 Å². The molecule has 4 rings (SSSR count). The summed E-state index contributed by atoms with van der Waals surface area (Å²) in [6.07, 6.45) is 1.02. The summed E-state index contributed by atoms with van der Waals surface area (Å²) in [5.41, 5.74) is 2.65. The molecule has 1 aliphatic rings. The molecular formula is C22H18ClFN3O4+. The fraction of sp³-hybridized carbons (Fsp3) is 0.182. The number of fused-ring (bicyclic) bond motifs is 3. The van der Waals surface area contributed by atoms with Gasteiger partial charge in [-0.15, -0.1) is 0 Å². The second-order valence-electron chi connectivity index (χ2n) is 7.17. The molecule has 0 amide bonds. The molecule has 2 aromatic carbocycles. The summed E-state index contributed by atoms with van der Waals surface area (Å²) in [4.78, 5) is 27.6. The van der Waals surface area contributed by atoms with Crippen molar-refractivity contribution in [1.29, 1.82) is 0 Å². The lowest BCUT2D eigenvalue weighted by molar-refractivity contribution is -0.715. The maximum atomic E-state index is 14.6. The van der Waals surface area contributed by atoms with Crippen molar-refractivity contribution in [1.82, 2.24) is 4.57 Å². The summed E-state index contributed by atoms with van der Waals surface area (Å²) in [6, 6.07) is 10.2. The normalized spacial score (nSPS) is 13.6. The second kappa shape index (κ2) is 7.96. The van der Waals surface area contributed by atoms with Crippen LogP contribution in [-0.4, -0.2) is 32.4 Å². The first-order chi connectivity index (χ1) is 14.8. The smallest absolute Gasteiger partial charge is 0.349 e. The van der Waals surface area contributed by atoms with Crippen LogP contribution < -0.4 is 4.57 Å². The maximum absolute atomic E-state index is 14.6. The SMILES string of the molecule is Cc1n2c(c[n+]1C(CC(=O)O)C(=O)O)CN=C(c1ccccc1F)c1cc(Cl)ccc1-2. The lowest BCUT2D eigenvalue weighted by Gasteiger charge is -2.12. The molecule has 1 atom stereocenters. The number of carboxylic acids is 2. The van der Waals surface area contributed by atoms with E-state index in [0.29, 0.717) is 39.1 Å². The number of imidazole rings is 1. The zero-order chi connectivity index (χ0) is 22.3. The van der Waals surface area contributed by atoms with Crippen molar-refractivity contribution in [3.63, 3.8) is 0 Å². The number of nitrogens with zero attached hydrogens (tertiary/aromatic N) is 3. The average Bonchev–Trinajstić information content (AvgIpc) is 2.94. The molecule has 0 aliphatic carbocycles. The van der Waals surface area contributed by atoms with E-state index in [1.54, 1.807) is 54.1 Å². The zero-order valence-electron chi connectivity index (χ0n) is 16.4. The Hall–Kier alpha value is -3.52. The quantitative estimate of drug-likeness (QED) is 0.592. The number of halogens is 2. The molecule has 7 nitrogen and oxygen atoms in total. The molecule has 158 valence electrons. The third-order valence-electron chi connectivity index (χ3n) is 5.24.